The lowest BCUT2D eigenvalue weighted by molar-refractivity contribution is 0.624. The van der Waals surface area contributed by atoms with Crippen LogP contribution in [0.3, 0.4) is 0 Å². The van der Waals surface area contributed by atoms with Gasteiger partial charge in [0.2, 0.25) is 0 Å². The highest BCUT2D eigenvalue weighted by atomic mass is 15.1. The van der Waals surface area contributed by atoms with Crippen LogP contribution in [0.25, 0.3) is 0 Å². The number of imidazole rings is 1. The summed E-state index contributed by atoms with van der Waals surface area (Å²) in [5.41, 5.74) is 13.3. The molecule has 0 unspecified atom stereocenters. The summed E-state index contributed by atoms with van der Waals surface area (Å²) in [7, 11) is 0. The highest BCUT2D eigenvalue weighted by Crippen LogP contribution is 2.11. The molecule has 0 bridgehead atoms. The molecule has 1 aromatic carbocycles. The third kappa shape index (κ3) is 3.07. The van der Waals surface area contributed by atoms with Crippen LogP contribution in [0.1, 0.15) is 17.8 Å². The SMILES string of the molecule is NCCCn1ccnc1Cc1cccc(N)c1. The second-order valence-electron chi connectivity index (χ2n) is 4.10. The van der Waals surface area contributed by atoms with Crippen molar-refractivity contribution in [3.8, 4) is 0 Å². The fourth-order valence-electron chi connectivity index (χ4n) is 1.86. The van der Waals surface area contributed by atoms with Crippen molar-refractivity contribution in [2.75, 3.05) is 12.3 Å². The molecule has 0 radical (unpaired) electrons. The van der Waals surface area contributed by atoms with Crippen LogP contribution in [0.15, 0.2) is 36.7 Å². The number of aromatic nitrogens is 2. The van der Waals surface area contributed by atoms with Gasteiger partial charge in [-0.2, -0.15) is 0 Å². The maximum absolute atomic E-state index is 5.76. The van der Waals surface area contributed by atoms with E-state index in [1.165, 1.54) is 5.56 Å². The standard InChI is InChI=1S/C13H18N4/c14-5-2-7-17-8-6-16-13(17)10-11-3-1-4-12(15)9-11/h1,3-4,6,8-9H,2,5,7,10,14-15H2. The summed E-state index contributed by atoms with van der Waals surface area (Å²) in [6, 6.07) is 7.92. The zero-order valence-corrected chi connectivity index (χ0v) is 9.84. The van der Waals surface area contributed by atoms with Crippen molar-refractivity contribution in [2.45, 2.75) is 19.4 Å². The van der Waals surface area contributed by atoms with Crippen molar-refractivity contribution >= 4 is 5.69 Å². The molecule has 1 aromatic heterocycles. The number of hydrogen-bond acceptors (Lipinski definition) is 3. The molecule has 0 aliphatic rings. The Hall–Kier alpha value is -1.81. The van der Waals surface area contributed by atoms with Gasteiger partial charge in [-0.15, -0.1) is 0 Å². The fraction of sp³-hybridized carbons (Fsp3) is 0.308. The molecule has 4 N–H and O–H groups in total. The van der Waals surface area contributed by atoms with Gasteiger partial charge in [0.1, 0.15) is 5.82 Å². The molecule has 2 aromatic rings. The van der Waals surface area contributed by atoms with Gasteiger partial charge in [0.05, 0.1) is 0 Å². The first kappa shape index (κ1) is 11.7. The number of nitrogen functional groups attached to an aromatic ring is 1. The van der Waals surface area contributed by atoms with E-state index in [0.717, 1.165) is 30.9 Å². The highest BCUT2D eigenvalue weighted by Gasteiger charge is 2.03. The molecule has 1 heterocycles. The van der Waals surface area contributed by atoms with E-state index in [4.69, 9.17) is 11.5 Å². The van der Waals surface area contributed by atoms with E-state index in [1.54, 1.807) is 0 Å². The number of nitrogens with two attached hydrogens (primary N) is 2. The normalized spacial score (nSPS) is 10.6. The number of nitrogens with zero attached hydrogens (tertiary/aromatic N) is 2. The average molecular weight is 230 g/mol. The fourth-order valence-corrected chi connectivity index (χ4v) is 1.86. The van der Waals surface area contributed by atoms with Gasteiger partial charge in [0.25, 0.3) is 0 Å². The van der Waals surface area contributed by atoms with Gasteiger partial charge < -0.3 is 16.0 Å². The quantitative estimate of drug-likeness (QED) is 0.763. The van der Waals surface area contributed by atoms with Gasteiger partial charge in [-0.1, -0.05) is 12.1 Å². The van der Waals surface area contributed by atoms with Crippen molar-refractivity contribution in [3.63, 3.8) is 0 Å². The van der Waals surface area contributed by atoms with E-state index in [1.807, 2.05) is 30.6 Å². The summed E-state index contributed by atoms with van der Waals surface area (Å²) < 4.78 is 2.15. The molecule has 0 amide bonds. The predicted molar refractivity (Wildman–Crippen MR) is 69.6 cm³/mol. The zero-order chi connectivity index (χ0) is 12.1. The summed E-state index contributed by atoms with van der Waals surface area (Å²) in [6.45, 7) is 1.63. The van der Waals surface area contributed by atoms with Crippen LogP contribution in [0.2, 0.25) is 0 Å². The van der Waals surface area contributed by atoms with Gasteiger partial charge in [0.15, 0.2) is 0 Å². The molecule has 0 atom stereocenters. The molecular formula is C13H18N4. The van der Waals surface area contributed by atoms with Crippen molar-refractivity contribution in [2.24, 2.45) is 5.73 Å². The second-order valence-corrected chi connectivity index (χ2v) is 4.10. The van der Waals surface area contributed by atoms with Gasteiger partial charge >= 0.3 is 0 Å². The van der Waals surface area contributed by atoms with Crippen molar-refractivity contribution < 1.29 is 0 Å². The monoisotopic (exact) mass is 230 g/mol. The maximum atomic E-state index is 5.76. The Labute approximate surface area is 101 Å². The second kappa shape index (κ2) is 5.50. The largest absolute Gasteiger partial charge is 0.399 e. The first-order valence-electron chi connectivity index (χ1n) is 5.84. The van der Waals surface area contributed by atoms with E-state index in [9.17, 15) is 0 Å². The third-order valence-electron chi connectivity index (χ3n) is 2.72. The molecule has 0 aliphatic heterocycles. The molecular weight excluding hydrogens is 212 g/mol. The van der Waals surface area contributed by atoms with E-state index >= 15 is 0 Å². The Bertz CT molecular complexity index is 476. The van der Waals surface area contributed by atoms with E-state index < -0.39 is 0 Å². The summed E-state index contributed by atoms with van der Waals surface area (Å²) in [5, 5.41) is 0. The predicted octanol–water partition coefficient (Wildman–Crippen LogP) is 1.40. The Morgan fingerprint density at radius 3 is 2.94 bits per heavy atom. The topological polar surface area (TPSA) is 69.9 Å². The summed E-state index contributed by atoms with van der Waals surface area (Å²) >= 11 is 0. The smallest absolute Gasteiger partial charge is 0.113 e. The van der Waals surface area contributed by atoms with Gasteiger partial charge in [-0.05, 0) is 30.7 Å². The third-order valence-corrected chi connectivity index (χ3v) is 2.72. The van der Waals surface area contributed by atoms with Crippen molar-refractivity contribution in [1.29, 1.82) is 0 Å². The number of benzene rings is 1. The Kier molecular flexibility index (Phi) is 3.77. The molecule has 17 heavy (non-hydrogen) atoms. The Balaban J connectivity index is 2.10. The lowest BCUT2D eigenvalue weighted by Gasteiger charge is -2.07. The van der Waals surface area contributed by atoms with Crippen LogP contribution < -0.4 is 11.5 Å². The number of hydrogen-bond donors (Lipinski definition) is 2. The lowest BCUT2D eigenvalue weighted by Crippen LogP contribution is -2.08. The molecule has 0 saturated heterocycles. The summed E-state index contributed by atoms with van der Waals surface area (Å²) in [6.07, 6.45) is 5.61. The van der Waals surface area contributed by atoms with Crippen LogP contribution in [-0.4, -0.2) is 16.1 Å². The van der Waals surface area contributed by atoms with Crippen LogP contribution in [0.4, 0.5) is 5.69 Å². The van der Waals surface area contributed by atoms with Crippen molar-refractivity contribution in [3.05, 3.63) is 48.0 Å². The highest BCUT2D eigenvalue weighted by molar-refractivity contribution is 5.41. The number of anilines is 1. The molecule has 2 rings (SSSR count). The zero-order valence-electron chi connectivity index (χ0n) is 9.84. The Morgan fingerprint density at radius 1 is 1.29 bits per heavy atom. The number of rotatable bonds is 5. The minimum absolute atomic E-state index is 0.704. The van der Waals surface area contributed by atoms with Crippen LogP contribution in [0, 0.1) is 0 Å². The van der Waals surface area contributed by atoms with Crippen molar-refractivity contribution in [1.82, 2.24) is 9.55 Å². The minimum Gasteiger partial charge on any atom is -0.399 e. The molecule has 0 spiro atoms. The first-order valence-corrected chi connectivity index (χ1v) is 5.84. The molecule has 4 nitrogen and oxygen atoms in total. The summed E-state index contributed by atoms with van der Waals surface area (Å²) in [5.74, 6) is 1.06. The van der Waals surface area contributed by atoms with Gasteiger partial charge in [-0.25, -0.2) is 4.98 Å². The van der Waals surface area contributed by atoms with Gasteiger partial charge in [0, 0.05) is 31.0 Å². The first-order chi connectivity index (χ1) is 8.29. The van der Waals surface area contributed by atoms with E-state index in [2.05, 4.69) is 15.6 Å². The molecule has 4 heteroatoms. The average Bonchev–Trinajstić information content (AvgIpc) is 2.74. The number of aryl methyl sites for hydroxylation is 1. The van der Waals surface area contributed by atoms with E-state index in [0.29, 0.717) is 6.54 Å². The summed E-state index contributed by atoms with van der Waals surface area (Å²) in [4.78, 5) is 4.38. The molecule has 90 valence electrons. The maximum Gasteiger partial charge on any atom is 0.113 e. The molecule has 0 aliphatic carbocycles. The molecule has 0 fully saturated rings. The van der Waals surface area contributed by atoms with Gasteiger partial charge in [-0.3, -0.25) is 0 Å². The van der Waals surface area contributed by atoms with Crippen LogP contribution in [-0.2, 0) is 13.0 Å². The Morgan fingerprint density at radius 2 is 2.18 bits per heavy atom. The lowest BCUT2D eigenvalue weighted by atomic mass is 10.1. The van der Waals surface area contributed by atoms with Crippen LogP contribution >= 0.6 is 0 Å². The van der Waals surface area contributed by atoms with Crippen LogP contribution in [0.5, 0.6) is 0 Å². The van der Waals surface area contributed by atoms with E-state index in [-0.39, 0.29) is 0 Å². The minimum atomic E-state index is 0.704. The molecule has 0 saturated carbocycles.